The number of nitrogens with zero attached hydrogens (tertiary/aromatic N) is 2. The topological polar surface area (TPSA) is 6.48 Å². The molecule has 2 aliphatic heterocycles. The lowest BCUT2D eigenvalue weighted by Gasteiger charge is -2.47. The normalized spacial score (nSPS) is 21.1. The van der Waals surface area contributed by atoms with Crippen molar-refractivity contribution in [2.75, 3.05) is 9.80 Å². The molecule has 2 nitrogen and oxygen atoms in total. The highest BCUT2D eigenvalue weighted by molar-refractivity contribution is 7.33. The largest absolute Gasteiger partial charge is 0.311 e. The van der Waals surface area contributed by atoms with E-state index in [0.29, 0.717) is 0 Å². The minimum Gasteiger partial charge on any atom is -0.311 e. The van der Waals surface area contributed by atoms with Crippen molar-refractivity contribution in [1.29, 1.82) is 0 Å². The van der Waals surface area contributed by atoms with Crippen molar-refractivity contribution in [3.05, 3.63) is 123 Å². The Bertz CT molecular complexity index is 3050. The summed E-state index contributed by atoms with van der Waals surface area (Å²) < 4.78 is 2.92. The lowest BCUT2D eigenvalue weighted by Crippen LogP contribution is -2.61. The second kappa shape index (κ2) is 13.7. The van der Waals surface area contributed by atoms with E-state index < -0.39 is 0 Å². The van der Waals surface area contributed by atoms with Gasteiger partial charge in [-0.2, -0.15) is 0 Å². The van der Waals surface area contributed by atoms with Crippen molar-refractivity contribution >= 4 is 78.0 Å². The summed E-state index contributed by atoms with van der Waals surface area (Å²) in [5, 5.41) is 1.42. The van der Waals surface area contributed by atoms with Crippen LogP contribution in [0.25, 0.3) is 10.1 Å². The third-order valence-corrected chi connectivity index (χ3v) is 19.4. The van der Waals surface area contributed by atoms with Gasteiger partial charge >= 0.3 is 0 Å². The van der Waals surface area contributed by atoms with E-state index in [4.69, 9.17) is 0 Å². The zero-order valence-corrected chi connectivity index (χ0v) is 44.4. The maximum Gasteiger partial charge on any atom is 0.264 e. The number of rotatable bonds is 2. The van der Waals surface area contributed by atoms with E-state index in [1.165, 1.54) is 137 Å². The fraction of sp³-hybridized carbons (Fsp3) is 0.484. The molecule has 0 unspecified atom stereocenters. The van der Waals surface area contributed by atoms with Crippen LogP contribution in [0.4, 0.5) is 34.1 Å². The van der Waals surface area contributed by atoms with E-state index in [1.54, 1.807) is 11.1 Å². The third kappa shape index (κ3) is 6.31. The summed E-state index contributed by atoms with van der Waals surface area (Å²) in [6.45, 7) is 41.7. The number of hydrogen-bond donors (Lipinski definition) is 0. The Labute approximate surface area is 402 Å². The first-order chi connectivity index (χ1) is 30.6. The van der Waals surface area contributed by atoms with Crippen LogP contribution < -0.4 is 25.5 Å². The molecule has 4 heteroatoms. The second-order valence-electron chi connectivity index (χ2n) is 26.8. The van der Waals surface area contributed by atoms with Crippen LogP contribution in [0.5, 0.6) is 0 Å². The van der Waals surface area contributed by atoms with Gasteiger partial charge in [-0.3, -0.25) is 0 Å². The zero-order chi connectivity index (χ0) is 47.2. The molecule has 0 fully saturated rings. The van der Waals surface area contributed by atoms with Crippen LogP contribution >= 0.6 is 11.3 Å². The monoisotopic (exact) mass is 891 g/mol. The smallest absolute Gasteiger partial charge is 0.264 e. The molecule has 5 aromatic carbocycles. The molecule has 5 aliphatic rings. The highest BCUT2D eigenvalue weighted by Crippen LogP contribution is 2.56. The van der Waals surface area contributed by atoms with Crippen molar-refractivity contribution < 1.29 is 0 Å². The summed E-state index contributed by atoms with van der Waals surface area (Å²) in [6.07, 6.45) is 7.20. The Morgan fingerprint density at radius 2 is 0.924 bits per heavy atom. The molecule has 0 amide bonds. The Kier molecular flexibility index (Phi) is 9.19. The summed E-state index contributed by atoms with van der Waals surface area (Å²) >= 11 is 2.09. The average molecular weight is 891 g/mol. The molecule has 66 heavy (non-hydrogen) atoms. The van der Waals surface area contributed by atoms with Gasteiger partial charge in [-0.05, 0) is 200 Å². The average Bonchev–Trinajstić information content (AvgIpc) is 3.60. The predicted molar refractivity (Wildman–Crippen MR) is 290 cm³/mol. The van der Waals surface area contributed by atoms with Gasteiger partial charge in [0.05, 0.1) is 5.69 Å². The third-order valence-electron chi connectivity index (χ3n) is 18.2. The Morgan fingerprint density at radius 1 is 0.485 bits per heavy atom. The van der Waals surface area contributed by atoms with Crippen LogP contribution in [-0.2, 0) is 37.9 Å². The van der Waals surface area contributed by atoms with Crippen molar-refractivity contribution in [1.82, 2.24) is 0 Å². The molecule has 0 N–H and O–H groups in total. The van der Waals surface area contributed by atoms with Gasteiger partial charge < -0.3 is 9.80 Å². The van der Waals surface area contributed by atoms with E-state index in [-0.39, 0.29) is 44.6 Å². The van der Waals surface area contributed by atoms with Gasteiger partial charge in [-0.25, -0.2) is 0 Å². The minimum atomic E-state index is 0.0683. The molecule has 0 saturated carbocycles. The lowest BCUT2D eigenvalue weighted by atomic mass is 9.35. The number of aryl methyl sites for hydroxylation is 2. The summed E-state index contributed by atoms with van der Waals surface area (Å²) in [4.78, 5) is 5.46. The van der Waals surface area contributed by atoms with Gasteiger partial charge in [0.2, 0.25) is 0 Å². The number of benzene rings is 5. The molecule has 11 rings (SSSR count). The summed E-state index contributed by atoms with van der Waals surface area (Å²) in [6, 6.07) is 30.6. The fourth-order valence-corrected chi connectivity index (χ4v) is 14.7. The van der Waals surface area contributed by atoms with Gasteiger partial charge in [0.15, 0.2) is 0 Å². The van der Waals surface area contributed by atoms with Crippen LogP contribution in [0.1, 0.15) is 192 Å². The standard InChI is InChI=1S/C62H75BN2S/c1-36-28-50-53-51(29-36)65(48-33-44-41(30-37(48)2)57(6,7)22-25-60(44,12)13)54-40-31-42-46(62(16,17)27-23-58(42,8)9)35-52(40)66-55(54)63(53)47-32-43-45(61(14,15)26-24-59(43,10)11)34-49(47)64(50)39-20-18-38(19-21-39)56(3,4)5/h18-21,28-35H,22-27H2,1-17H3. The van der Waals surface area contributed by atoms with E-state index in [9.17, 15) is 0 Å². The highest BCUT2D eigenvalue weighted by atomic mass is 32.1. The van der Waals surface area contributed by atoms with Gasteiger partial charge in [-0.1, -0.05) is 128 Å². The quantitative estimate of drug-likeness (QED) is 0.160. The first-order valence-electron chi connectivity index (χ1n) is 25.4. The predicted octanol–water partition coefficient (Wildman–Crippen LogP) is 15.9. The van der Waals surface area contributed by atoms with Crippen LogP contribution in [0, 0.1) is 13.8 Å². The first kappa shape index (κ1) is 44.2. The maximum absolute atomic E-state index is 2.79. The molecule has 0 saturated heterocycles. The molecule has 0 bridgehead atoms. The lowest BCUT2D eigenvalue weighted by molar-refractivity contribution is 0.332. The van der Waals surface area contributed by atoms with E-state index in [0.717, 1.165) is 0 Å². The number of fused-ring (bicyclic) bond motifs is 9. The molecule has 0 atom stereocenters. The molecule has 0 radical (unpaired) electrons. The van der Waals surface area contributed by atoms with E-state index >= 15 is 0 Å². The highest BCUT2D eigenvalue weighted by Gasteiger charge is 2.49. The summed E-state index contributed by atoms with van der Waals surface area (Å²) in [5.74, 6) is 0. The van der Waals surface area contributed by atoms with Crippen LogP contribution in [-0.4, -0.2) is 6.71 Å². The van der Waals surface area contributed by atoms with E-state index in [2.05, 4.69) is 212 Å². The fourth-order valence-electron chi connectivity index (χ4n) is 13.3. The van der Waals surface area contributed by atoms with Crippen LogP contribution in [0.3, 0.4) is 0 Å². The van der Waals surface area contributed by atoms with Gasteiger partial charge in [-0.15, -0.1) is 11.3 Å². The number of thiophene rings is 1. The SMILES string of the molecule is Cc1cc2c3c(c1)N(c1cc4c(cc1C)C(C)(C)CCC4(C)C)c1c(sc4cc5c(cc14)C(C)(C)CCC5(C)C)B3c1cc3c(cc1N2c1ccc(C(C)(C)C)cc1)C(C)(C)CCC3(C)C. The Balaban J connectivity index is 1.29. The molecular weight excluding hydrogens is 816 g/mol. The van der Waals surface area contributed by atoms with Crippen LogP contribution in [0.15, 0.2) is 72.8 Å². The summed E-state index contributed by atoms with van der Waals surface area (Å²) in [5.41, 5.74) is 24.8. The second-order valence-corrected chi connectivity index (χ2v) is 27.9. The zero-order valence-electron chi connectivity index (χ0n) is 43.6. The molecular formula is C62H75BN2S. The van der Waals surface area contributed by atoms with Gasteiger partial charge in [0.1, 0.15) is 0 Å². The molecule has 6 aromatic rings. The maximum atomic E-state index is 2.79. The summed E-state index contributed by atoms with van der Waals surface area (Å²) in [7, 11) is 0. The molecule has 0 spiro atoms. The molecule has 342 valence electrons. The van der Waals surface area contributed by atoms with Gasteiger partial charge in [0.25, 0.3) is 6.71 Å². The van der Waals surface area contributed by atoms with Gasteiger partial charge in [0, 0.05) is 43.3 Å². The van der Waals surface area contributed by atoms with Crippen LogP contribution in [0.2, 0.25) is 0 Å². The van der Waals surface area contributed by atoms with Crippen molar-refractivity contribution in [2.24, 2.45) is 0 Å². The first-order valence-corrected chi connectivity index (χ1v) is 26.2. The molecule has 3 aliphatic carbocycles. The van der Waals surface area contributed by atoms with Crippen molar-refractivity contribution in [2.45, 2.75) is 194 Å². The van der Waals surface area contributed by atoms with Crippen molar-refractivity contribution in [3.63, 3.8) is 0 Å². The number of anilines is 6. The van der Waals surface area contributed by atoms with E-state index in [1.807, 2.05) is 0 Å². The molecule has 3 heterocycles. The van der Waals surface area contributed by atoms with Crippen molar-refractivity contribution in [3.8, 4) is 0 Å². The minimum absolute atomic E-state index is 0.0683. The Hall–Kier alpha value is -4.28. The number of hydrogen-bond acceptors (Lipinski definition) is 3. The Morgan fingerprint density at radius 3 is 1.44 bits per heavy atom. The molecule has 1 aromatic heterocycles.